The zero-order valence-electron chi connectivity index (χ0n) is 17.4. The fourth-order valence-electron chi connectivity index (χ4n) is 4.72. The molecule has 2 aliphatic rings. The van der Waals surface area contributed by atoms with Gasteiger partial charge in [0.1, 0.15) is 5.75 Å². The molecule has 32 heavy (non-hydrogen) atoms. The van der Waals surface area contributed by atoms with Crippen molar-refractivity contribution >= 4 is 0 Å². The maximum Gasteiger partial charge on any atom is 0.573 e. The lowest BCUT2D eigenvalue weighted by Crippen LogP contribution is -2.38. The number of alkyl halides is 3. The zero-order chi connectivity index (χ0) is 22.1. The summed E-state index contributed by atoms with van der Waals surface area (Å²) in [6.07, 6.45) is 4.00. The van der Waals surface area contributed by atoms with Crippen molar-refractivity contribution < 1.29 is 22.4 Å². The summed E-state index contributed by atoms with van der Waals surface area (Å²) < 4.78 is 46.7. The van der Waals surface area contributed by atoms with E-state index in [4.69, 9.17) is 4.52 Å². The van der Waals surface area contributed by atoms with Crippen LogP contribution in [0.15, 0.2) is 35.1 Å². The van der Waals surface area contributed by atoms with Crippen molar-refractivity contribution in [3.63, 3.8) is 0 Å². The molecule has 1 aliphatic carbocycles. The molecule has 1 atom stereocenters. The molecule has 170 valence electrons. The van der Waals surface area contributed by atoms with Crippen LogP contribution in [0.4, 0.5) is 13.2 Å². The molecule has 1 saturated carbocycles. The average Bonchev–Trinajstić information content (AvgIpc) is 3.42. The van der Waals surface area contributed by atoms with Crippen LogP contribution in [0, 0.1) is 5.92 Å². The van der Waals surface area contributed by atoms with Crippen molar-refractivity contribution in [2.24, 2.45) is 5.92 Å². The molecule has 5 rings (SSSR count). The highest BCUT2D eigenvalue weighted by Crippen LogP contribution is 2.35. The molecule has 7 nitrogen and oxygen atoms in total. The van der Waals surface area contributed by atoms with E-state index in [2.05, 4.69) is 29.7 Å². The Morgan fingerprint density at radius 3 is 2.66 bits per heavy atom. The number of nitrogens with zero attached hydrogens (tertiary/aromatic N) is 4. The number of hydrogen-bond acceptors (Lipinski definition) is 6. The normalized spacial score (nSPS) is 20.3. The van der Waals surface area contributed by atoms with E-state index in [1.807, 2.05) is 0 Å². The van der Waals surface area contributed by atoms with Crippen LogP contribution in [0.5, 0.6) is 5.75 Å². The lowest BCUT2D eigenvalue weighted by atomic mass is 9.88. The second-order valence-electron chi connectivity index (χ2n) is 8.51. The highest BCUT2D eigenvalue weighted by molar-refractivity contribution is 5.55. The largest absolute Gasteiger partial charge is 0.573 e. The summed E-state index contributed by atoms with van der Waals surface area (Å²) in [7, 11) is 0. The van der Waals surface area contributed by atoms with E-state index in [9.17, 15) is 13.2 Å². The first kappa shape index (κ1) is 21.0. The van der Waals surface area contributed by atoms with Gasteiger partial charge in [0, 0.05) is 25.1 Å². The second kappa shape index (κ2) is 8.57. The van der Waals surface area contributed by atoms with E-state index in [0.717, 1.165) is 24.5 Å². The van der Waals surface area contributed by atoms with Crippen LogP contribution in [0.1, 0.15) is 55.4 Å². The van der Waals surface area contributed by atoms with Crippen molar-refractivity contribution in [3.05, 3.63) is 47.9 Å². The quantitative estimate of drug-likeness (QED) is 0.590. The fourth-order valence-corrected chi connectivity index (χ4v) is 4.72. The van der Waals surface area contributed by atoms with Crippen LogP contribution in [0.25, 0.3) is 11.4 Å². The van der Waals surface area contributed by atoms with E-state index in [1.165, 1.54) is 56.4 Å². The molecule has 0 amide bonds. The summed E-state index contributed by atoms with van der Waals surface area (Å²) in [5, 5.41) is 4.09. The Kier molecular flexibility index (Phi) is 5.62. The van der Waals surface area contributed by atoms with Crippen molar-refractivity contribution in [1.82, 2.24) is 25.0 Å². The standard InChI is InChI=1S/C22H24F3N5O2/c23-22(24,25)31-16-8-6-15(7-9-16)20-28-21(32-29-20)19-10-17-18(27-13-26-17)12-30(19)11-14-4-2-1-3-5-14/h6-9,13-14,19H,1-5,10-12H2,(H,26,27)/t19-/m0/s1. The van der Waals surface area contributed by atoms with E-state index >= 15 is 0 Å². The number of aromatic amines is 1. The first-order valence-corrected chi connectivity index (χ1v) is 10.9. The number of rotatable bonds is 5. The van der Waals surface area contributed by atoms with Gasteiger partial charge in [-0.15, -0.1) is 13.2 Å². The van der Waals surface area contributed by atoms with Crippen LogP contribution >= 0.6 is 0 Å². The van der Waals surface area contributed by atoms with Gasteiger partial charge in [-0.1, -0.05) is 24.4 Å². The number of halogens is 3. The van der Waals surface area contributed by atoms with E-state index in [1.54, 1.807) is 6.33 Å². The molecular formula is C22H24F3N5O2. The SMILES string of the molecule is FC(F)(F)Oc1ccc(-c2noc([C@@H]3Cc4nc[nH]c4CN3CC3CCCCC3)n2)cc1. The maximum atomic E-state index is 12.4. The first-order chi connectivity index (χ1) is 15.4. The minimum absolute atomic E-state index is 0.0817. The topological polar surface area (TPSA) is 80.1 Å². The monoisotopic (exact) mass is 447 g/mol. The molecule has 2 aromatic heterocycles. The number of benzene rings is 1. The number of fused-ring (bicyclic) bond motifs is 1. The molecule has 0 radical (unpaired) electrons. The molecule has 0 unspecified atom stereocenters. The Bertz CT molecular complexity index is 1040. The maximum absolute atomic E-state index is 12.4. The van der Waals surface area contributed by atoms with Crippen LogP contribution in [-0.4, -0.2) is 37.9 Å². The minimum atomic E-state index is -4.73. The lowest BCUT2D eigenvalue weighted by molar-refractivity contribution is -0.274. The van der Waals surface area contributed by atoms with Crippen molar-refractivity contribution in [1.29, 1.82) is 0 Å². The van der Waals surface area contributed by atoms with Gasteiger partial charge in [-0.05, 0) is 43.0 Å². The van der Waals surface area contributed by atoms with Gasteiger partial charge >= 0.3 is 6.36 Å². The van der Waals surface area contributed by atoms with Crippen LogP contribution in [-0.2, 0) is 13.0 Å². The zero-order valence-corrected chi connectivity index (χ0v) is 17.4. The van der Waals surface area contributed by atoms with Gasteiger partial charge < -0.3 is 14.2 Å². The van der Waals surface area contributed by atoms with Gasteiger partial charge in [0.25, 0.3) is 0 Å². The first-order valence-electron chi connectivity index (χ1n) is 10.9. The molecule has 1 aliphatic heterocycles. The Hall–Kier alpha value is -2.88. The summed E-state index contributed by atoms with van der Waals surface area (Å²) in [6, 6.07) is 5.38. The molecule has 0 spiro atoms. The van der Waals surface area contributed by atoms with Crippen molar-refractivity contribution in [3.8, 4) is 17.1 Å². The molecule has 0 saturated heterocycles. The Labute approximate surface area is 183 Å². The van der Waals surface area contributed by atoms with Gasteiger partial charge in [-0.3, -0.25) is 4.90 Å². The highest BCUT2D eigenvalue weighted by Gasteiger charge is 2.35. The number of imidazole rings is 1. The minimum Gasteiger partial charge on any atom is -0.406 e. The highest BCUT2D eigenvalue weighted by atomic mass is 19.4. The smallest absolute Gasteiger partial charge is 0.406 e. The number of ether oxygens (including phenoxy) is 1. The Morgan fingerprint density at radius 1 is 1.12 bits per heavy atom. The summed E-state index contributed by atoms with van der Waals surface area (Å²) in [6.45, 7) is 1.71. The van der Waals surface area contributed by atoms with E-state index < -0.39 is 6.36 Å². The molecule has 1 N–H and O–H groups in total. The summed E-state index contributed by atoms with van der Waals surface area (Å²) in [5.74, 6) is 1.20. The fraction of sp³-hybridized carbons (Fsp3) is 0.500. The summed E-state index contributed by atoms with van der Waals surface area (Å²) >= 11 is 0. The number of H-pyrrole nitrogens is 1. The molecule has 3 aromatic rings. The third-order valence-electron chi connectivity index (χ3n) is 6.29. The summed E-state index contributed by atoms with van der Waals surface area (Å²) in [4.78, 5) is 14.6. The lowest BCUT2D eigenvalue weighted by Gasteiger charge is -2.36. The Balaban J connectivity index is 1.35. The molecular weight excluding hydrogens is 423 g/mol. The van der Waals surface area contributed by atoms with Crippen LogP contribution < -0.4 is 4.74 Å². The third kappa shape index (κ3) is 4.64. The number of nitrogens with one attached hydrogen (secondary N) is 1. The molecule has 10 heteroatoms. The summed E-state index contributed by atoms with van der Waals surface area (Å²) in [5.41, 5.74) is 2.69. The third-order valence-corrected chi connectivity index (χ3v) is 6.29. The van der Waals surface area contributed by atoms with Gasteiger partial charge in [-0.25, -0.2) is 4.98 Å². The van der Waals surface area contributed by atoms with Gasteiger partial charge in [-0.2, -0.15) is 4.98 Å². The molecule has 3 heterocycles. The van der Waals surface area contributed by atoms with Gasteiger partial charge in [0.15, 0.2) is 0 Å². The van der Waals surface area contributed by atoms with Crippen molar-refractivity contribution in [2.45, 2.75) is 57.5 Å². The average molecular weight is 447 g/mol. The van der Waals surface area contributed by atoms with Gasteiger partial charge in [0.05, 0.1) is 23.8 Å². The molecule has 0 bridgehead atoms. The van der Waals surface area contributed by atoms with E-state index in [-0.39, 0.29) is 11.8 Å². The molecule has 1 aromatic carbocycles. The van der Waals surface area contributed by atoms with Crippen LogP contribution in [0.3, 0.4) is 0 Å². The predicted molar refractivity (Wildman–Crippen MR) is 108 cm³/mol. The van der Waals surface area contributed by atoms with E-state index in [0.29, 0.717) is 29.6 Å². The number of aromatic nitrogens is 4. The Morgan fingerprint density at radius 2 is 1.91 bits per heavy atom. The van der Waals surface area contributed by atoms with Gasteiger partial charge in [0.2, 0.25) is 11.7 Å². The van der Waals surface area contributed by atoms with Crippen molar-refractivity contribution in [2.75, 3.05) is 6.54 Å². The van der Waals surface area contributed by atoms with Crippen LogP contribution in [0.2, 0.25) is 0 Å². The molecule has 1 fully saturated rings. The number of hydrogen-bond donors (Lipinski definition) is 1. The predicted octanol–water partition coefficient (Wildman–Crippen LogP) is 5.04. The second-order valence-corrected chi connectivity index (χ2v) is 8.51.